The molecule has 20 heteroatoms. The number of amides is 2. The highest BCUT2D eigenvalue weighted by Crippen LogP contribution is 2.38. The monoisotopic (exact) mass is 930 g/mol. The van der Waals surface area contributed by atoms with Crippen molar-refractivity contribution in [1.82, 2.24) is 19.6 Å². The molecule has 0 aliphatic rings. The predicted molar refractivity (Wildman–Crippen MR) is 261 cm³/mol. The zero-order valence-corrected chi connectivity index (χ0v) is 41.9. The summed E-state index contributed by atoms with van der Waals surface area (Å²) in [6, 6.07) is 17.0. The second kappa shape index (κ2) is 23.1. The van der Waals surface area contributed by atoms with Crippen LogP contribution < -0.4 is 20.4 Å². The van der Waals surface area contributed by atoms with E-state index in [1.807, 2.05) is 65.5 Å². The Morgan fingerprint density at radius 1 is 0.662 bits per heavy atom. The van der Waals surface area contributed by atoms with E-state index in [0.717, 1.165) is 29.1 Å². The Morgan fingerprint density at radius 3 is 1.43 bits per heavy atom. The van der Waals surface area contributed by atoms with Gasteiger partial charge in [0, 0.05) is 67.6 Å². The summed E-state index contributed by atoms with van der Waals surface area (Å²) in [5, 5.41) is 59.8. The van der Waals surface area contributed by atoms with Crippen molar-refractivity contribution in [1.29, 1.82) is 15.8 Å². The third-order valence-electron chi connectivity index (χ3n) is 10.0. The minimum atomic E-state index is -0.811. The van der Waals surface area contributed by atoms with Gasteiger partial charge in [-0.05, 0) is 57.2 Å². The lowest BCUT2D eigenvalue weighted by molar-refractivity contribution is -0.115. The fourth-order valence-corrected chi connectivity index (χ4v) is 6.57. The Kier molecular flexibility index (Phi) is 18.5. The van der Waals surface area contributed by atoms with Crippen LogP contribution in [-0.2, 0) is 25.2 Å². The molecule has 0 spiro atoms. The standard InChI is InChI=1S/C25H35N7O2.C23H28N8O3/c1-10-31(11-2)17-12-13-19(20(14-17)27-16(3)33)28-29-22-18(15-26)21(24(4,5)6)30-32(22)23(34)25(7,8)9;1-7-30(12-8-11-24)16-9-10-18(19(13-16)26-15(2)32)27-28-21-17(14-25)20(23(3,4)5)29-31(21)22(33)34-6/h12-14H,10-11H2,1-9H3,(H,27,33);9-10,13H,7-8,12H2,1-6H3,(H,26,32). The molecule has 0 aliphatic heterocycles. The number of carbonyl (C=O) groups excluding carboxylic acids is 4. The molecule has 0 bridgehead atoms. The molecule has 0 radical (unpaired) electrons. The quantitative estimate of drug-likeness (QED) is 0.119. The van der Waals surface area contributed by atoms with Gasteiger partial charge in [-0.2, -0.15) is 30.7 Å². The molecule has 4 rings (SSSR count). The third-order valence-corrected chi connectivity index (χ3v) is 10.0. The van der Waals surface area contributed by atoms with Crippen LogP contribution in [0.25, 0.3) is 0 Å². The summed E-state index contributed by atoms with van der Waals surface area (Å²) in [5.41, 5.74) is 2.73. The maximum Gasteiger partial charge on any atom is 0.436 e. The molecule has 0 aliphatic carbocycles. The van der Waals surface area contributed by atoms with E-state index in [4.69, 9.17) is 10.00 Å². The first-order valence-electron chi connectivity index (χ1n) is 22.0. The molecule has 0 saturated carbocycles. The molecule has 0 unspecified atom stereocenters. The number of methoxy groups -OCH3 is 1. The van der Waals surface area contributed by atoms with E-state index in [1.54, 1.807) is 45.0 Å². The number of carbonyl (C=O) groups is 4. The van der Waals surface area contributed by atoms with Crippen LogP contribution in [0, 0.1) is 39.4 Å². The average Bonchev–Trinajstić information content (AvgIpc) is 3.84. The molecule has 2 amide bonds. The number of rotatable bonds is 13. The van der Waals surface area contributed by atoms with Gasteiger partial charge in [0.1, 0.15) is 34.6 Å². The van der Waals surface area contributed by atoms with Crippen molar-refractivity contribution in [2.24, 2.45) is 25.9 Å². The highest BCUT2D eigenvalue weighted by molar-refractivity contribution is 5.94. The largest absolute Gasteiger partial charge is 0.451 e. The minimum absolute atomic E-state index is 0.0682. The molecular weight excluding hydrogens is 867 g/mol. The van der Waals surface area contributed by atoms with E-state index < -0.39 is 22.3 Å². The average molecular weight is 930 g/mol. The van der Waals surface area contributed by atoms with E-state index in [2.05, 4.69) is 78.2 Å². The van der Waals surface area contributed by atoms with Gasteiger partial charge in [0.25, 0.3) is 5.91 Å². The number of anilines is 4. The number of nitrogens with one attached hydrogen (secondary N) is 2. The van der Waals surface area contributed by atoms with Gasteiger partial charge in [0.2, 0.25) is 17.6 Å². The SMILES string of the molecule is CCN(CC)c1ccc(N=Nc2c(C#N)c(C(C)(C)C)nn2C(=O)C(C)(C)C)c(NC(C)=O)c1.CCN(CCC#N)c1ccc(N=Nc2c(C#N)c(C(C)(C)C)nn2C(=O)OC)c(NC(C)=O)c1. The molecule has 2 aromatic carbocycles. The van der Waals surface area contributed by atoms with E-state index in [0.29, 0.717) is 53.6 Å². The molecule has 0 atom stereocenters. The van der Waals surface area contributed by atoms with Crippen molar-refractivity contribution in [2.75, 3.05) is 53.7 Å². The van der Waals surface area contributed by atoms with Gasteiger partial charge < -0.3 is 25.2 Å². The second-order valence-electron chi connectivity index (χ2n) is 18.5. The van der Waals surface area contributed by atoms with Gasteiger partial charge in [-0.3, -0.25) is 14.4 Å². The Balaban J connectivity index is 0.000000360. The van der Waals surface area contributed by atoms with Gasteiger partial charge in [-0.1, -0.05) is 62.3 Å². The van der Waals surface area contributed by atoms with Crippen LogP contribution in [0.5, 0.6) is 0 Å². The van der Waals surface area contributed by atoms with E-state index in [-0.39, 0.29) is 40.5 Å². The van der Waals surface area contributed by atoms with Gasteiger partial charge >= 0.3 is 6.09 Å². The van der Waals surface area contributed by atoms with Gasteiger partial charge in [-0.15, -0.1) is 25.1 Å². The lowest BCUT2D eigenvalue weighted by Gasteiger charge is -2.23. The number of ether oxygens (including phenoxy) is 1. The van der Waals surface area contributed by atoms with Crippen LogP contribution in [-0.4, -0.2) is 76.7 Å². The number of hydrogen-bond donors (Lipinski definition) is 2. The van der Waals surface area contributed by atoms with Crippen LogP contribution in [0.4, 0.5) is 50.6 Å². The maximum atomic E-state index is 13.1. The molecule has 0 saturated heterocycles. The molecular formula is C48H63N15O5. The number of benzene rings is 2. The highest BCUT2D eigenvalue weighted by Gasteiger charge is 2.34. The van der Waals surface area contributed by atoms with Crippen molar-refractivity contribution in [3.05, 3.63) is 58.9 Å². The Bertz CT molecular complexity index is 2680. The Hall–Kier alpha value is -7.79. The summed E-state index contributed by atoms with van der Waals surface area (Å²) in [6.07, 6.45) is -0.454. The molecule has 68 heavy (non-hydrogen) atoms. The van der Waals surface area contributed by atoms with Crippen LogP contribution in [0.2, 0.25) is 0 Å². The van der Waals surface area contributed by atoms with Crippen molar-refractivity contribution < 1.29 is 23.9 Å². The van der Waals surface area contributed by atoms with E-state index >= 15 is 0 Å². The minimum Gasteiger partial charge on any atom is -0.451 e. The third kappa shape index (κ3) is 13.6. The smallest absolute Gasteiger partial charge is 0.436 e. The normalized spacial score (nSPS) is 11.5. The summed E-state index contributed by atoms with van der Waals surface area (Å²) in [4.78, 5) is 53.2. The molecule has 0 fully saturated rings. The van der Waals surface area contributed by atoms with Crippen LogP contribution >= 0.6 is 0 Å². The number of nitrogens with zero attached hydrogens (tertiary/aromatic N) is 13. The first-order valence-corrected chi connectivity index (χ1v) is 22.0. The number of hydrogen-bond acceptors (Lipinski definition) is 16. The number of aromatic nitrogens is 4. The molecule has 2 aromatic heterocycles. The van der Waals surface area contributed by atoms with Crippen molar-refractivity contribution in [3.63, 3.8) is 0 Å². The van der Waals surface area contributed by atoms with Crippen molar-refractivity contribution in [3.8, 4) is 18.2 Å². The first-order chi connectivity index (χ1) is 31.8. The number of azo groups is 2. The second-order valence-corrected chi connectivity index (χ2v) is 18.5. The molecule has 2 N–H and O–H groups in total. The summed E-state index contributed by atoms with van der Waals surface area (Å²) < 4.78 is 6.85. The van der Waals surface area contributed by atoms with Gasteiger partial charge in [0.15, 0.2) is 5.82 Å². The topological polar surface area (TPSA) is 264 Å². The molecule has 4 aromatic rings. The fourth-order valence-electron chi connectivity index (χ4n) is 6.57. The number of nitriles is 3. The van der Waals surface area contributed by atoms with Crippen LogP contribution in [0.15, 0.2) is 56.9 Å². The first kappa shape index (κ1) is 54.5. The molecule has 2 heterocycles. The molecule has 20 nitrogen and oxygen atoms in total. The van der Waals surface area contributed by atoms with Crippen molar-refractivity contribution >= 4 is 69.6 Å². The summed E-state index contributed by atoms with van der Waals surface area (Å²) in [6.45, 7) is 28.4. The maximum absolute atomic E-state index is 13.1. The lowest BCUT2D eigenvalue weighted by Crippen LogP contribution is -2.28. The highest BCUT2D eigenvalue weighted by atomic mass is 16.5. The van der Waals surface area contributed by atoms with Gasteiger partial charge in [-0.25, -0.2) is 4.79 Å². The predicted octanol–water partition coefficient (Wildman–Crippen LogP) is 10.7. The van der Waals surface area contributed by atoms with E-state index in [9.17, 15) is 29.7 Å². The summed E-state index contributed by atoms with van der Waals surface area (Å²) in [7, 11) is 1.20. The Morgan fingerprint density at radius 2 is 1.07 bits per heavy atom. The summed E-state index contributed by atoms with van der Waals surface area (Å²) >= 11 is 0. The van der Waals surface area contributed by atoms with Gasteiger partial charge in [0.05, 0.1) is 42.4 Å². The van der Waals surface area contributed by atoms with Crippen LogP contribution in [0.3, 0.4) is 0 Å². The van der Waals surface area contributed by atoms with Crippen molar-refractivity contribution in [2.45, 2.75) is 114 Å². The Labute approximate surface area is 398 Å². The zero-order valence-electron chi connectivity index (χ0n) is 41.9. The lowest BCUT2D eigenvalue weighted by atomic mass is 9.89. The summed E-state index contributed by atoms with van der Waals surface area (Å²) in [5.74, 6) is -0.836. The van der Waals surface area contributed by atoms with E-state index in [1.165, 1.54) is 25.6 Å². The molecule has 360 valence electrons. The van der Waals surface area contributed by atoms with Crippen LogP contribution in [0.1, 0.15) is 131 Å². The fraction of sp³-hybridized carbons (Fsp3) is 0.479. The zero-order chi connectivity index (χ0) is 51.3.